The van der Waals surface area contributed by atoms with Crippen LogP contribution in [-0.4, -0.2) is 29.7 Å². The molecule has 1 saturated carbocycles. The Hall–Kier alpha value is -2.05. The van der Waals surface area contributed by atoms with E-state index in [0.29, 0.717) is 18.4 Å². The van der Waals surface area contributed by atoms with E-state index >= 15 is 0 Å². The summed E-state index contributed by atoms with van der Waals surface area (Å²) in [6.07, 6.45) is -3.70. The van der Waals surface area contributed by atoms with Crippen LogP contribution >= 0.6 is 0 Å². The Labute approximate surface area is 138 Å². The number of amides is 1. The maximum absolute atomic E-state index is 12.8. The second-order valence-electron chi connectivity index (χ2n) is 6.15. The first-order valence-corrected chi connectivity index (χ1v) is 7.91. The second kappa shape index (κ2) is 7.68. The summed E-state index contributed by atoms with van der Waals surface area (Å²) in [6.45, 7) is -0.134. The monoisotopic (exact) mass is 343 g/mol. The summed E-state index contributed by atoms with van der Waals surface area (Å²) in [6, 6.07) is 8.43. The number of rotatable bonds is 5. The first-order valence-electron chi connectivity index (χ1n) is 7.91. The predicted octanol–water partition coefficient (Wildman–Crippen LogP) is 3.34. The lowest BCUT2D eigenvalue weighted by Crippen LogP contribution is -2.39. The Morgan fingerprint density at radius 2 is 1.88 bits per heavy atom. The van der Waals surface area contributed by atoms with E-state index in [1.165, 1.54) is 0 Å². The minimum atomic E-state index is -4.29. The fourth-order valence-corrected chi connectivity index (χ4v) is 3.11. The third kappa shape index (κ3) is 4.72. The Balaban J connectivity index is 1.95. The zero-order chi connectivity index (χ0) is 17.7. The summed E-state index contributed by atoms with van der Waals surface area (Å²) < 4.78 is 38.4. The minimum Gasteiger partial charge on any atom is -0.481 e. The molecule has 0 aromatic heterocycles. The molecule has 1 aromatic carbocycles. The van der Waals surface area contributed by atoms with Crippen LogP contribution in [0.25, 0.3) is 0 Å². The van der Waals surface area contributed by atoms with Crippen molar-refractivity contribution in [3.8, 4) is 0 Å². The molecule has 1 aliphatic rings. The Morgan fingerprint density at radius 1 is 1.21 bits per heavy atom. The maximum Gasteiger partial charge on any atom is 0.391 e. The summed E-state index contributed by atoms with van der Waals surface area (Å²) in [5.41, 5.74) is 0.544. The zero-order valence-electron chi connectivity index (χ0n) is 13.1. The summed E-state index contributed by atoms with van der Waals surface area (Å²) in [5, 5.41) is 11.8. The SMILES string of the molecule is O=C(NCC(C(=O)O)c1ccccc1)C1CCCC(C(F)(F)F)C1. The number of hydrogen-bond acceptors (Lipinski definition) is 2. The van der Waals surface area contributed by atoms with E-state index in [2.05, 4.69) is 5.32 Å². The van der Waals surface area contributed by atoms with Crippen molar-refractivity contribution in [1.29, 1.82) is 0 Å². The van der Waals surface area contributed by atoms with Crippen LogP contribution in [0.5, 0.6) is 0 Å². The van der Waals surface area contributed by atoms with Gasteiger partial charge in [-0.1, -0.05) is 36.8 Å². The number of nitrogens with one attached hydrogen (secondary N) is 1. The van der Waals surface area contributed by atoms with Crippen molar-refractivity contribution in [2.45, 2.75) is 37.8 Å². The normalized spacial score (nSPS) is 22.6. The average Bonchev–Trinajstić information content (AvgIpc) is 2.55. The molecule has 0 heterocycles. The van der Waals surface area contributed by atoms with Crippen molar-refractivity contribution < 1.29 is 27.9 Å². The molecular weight excluding hydrogens is 323 g/mol. The van der Waals surface area contributed by atoms with Gasteiger partial charge in [0.15, 0.2) is 0 Å². The smallest absolute Gasteiger partial charge is 0.391 e. The first kappa shape index (κ1) is 18.3. The number of carbonyl (C=O) groups is 2. The highest BCUT2D eigenvalue weighted by Crippen LogP contribution is 2.39. The van der Waals surface area contributed by atoms with Crippen LogP contribution in [0, 0.1) is 11.8 Å². The van der Waals surface area contributed by atoms with Gasteiger partial charge < -0.3 is 10.4 Å². The van der Waals surface area contributed by atoms with E-state index in [-0.39, 0.29) is 19.4 Å². The van der Waals surface area contributed by atoms with E-state index < -0.39 is 35.8 Å². The Bertz CT molecular complexity index is 574. The second-order valence-corrected chi connectivity index (χ2v) is 6.15. The van der Waals surface area contributed by atoms with Crippen molar-refractivity contribution in [3.63, 3.8) is 0 Å². The molecule has 0 aliphatic heterocycles. The predicted molar refractivity (Wildman–Crippen MR) is 81.3 cm³/mol. The molecule has 4 nitrogen and oxygen atoms in total. The van der Waals surface area contributed by atoms with E-state index in [1.54, 1.807) is 30.3 Å². The molecule has 1 aliphatic carbocycles. The fourth-order valence-electron chi connectivity index (χ4n) is 3.11. The molecular formula is C17H20F3NO3. The van der Waals surface area contributed by atoms with Gasteiger partial charge in [-0.2, -0.15) is 13.2 Å². The van der Waals surface area contributed by atoms with Crippen molar-refractivity contribution in [2.75, 3.05) is 6.54 Å². The van der Waals surface area contributed by atoms with Gasteiger partial charge in [0, 0.05) is 12.5 Å². The summed E-state index contributed by atoms with van der Waals surface area (Å²) in [4.78, 5) is 23.5. The van der Waals surface area contributed by atoms with Crippen molar-refractivity contribution in [1.82, 2.24) is 5.32 Å². The molecule has 24 heavy (non-hydrogen) atoms. The van der Waals surface area contributed by atoms with Crippen LogP contribution < -0.4 is 5.32 Å². The van der Waals surface area contributed by atoms with Gasteiger partial charge in [0.1, 0.15) is 0 Å². The number of carboxylic acid groups (broad SMARTS) is 1. The molecule has 2 rings (SSSR count). The van der Waals surface area contributed by atoms with Gasteiger partial charge in [0.25, 0.3) is 0 Å². The van der Waals surface area contributed by atoms with Crippen LogP contribution in [0.4, 0.5) is 13.2 Å². The van der Waals surface area contributed by atoms with Gasteiger partial charge in [-0.15, -0.1) is 0 Å². The van der Waals surface area contributed by atoms with Crippen molar-refractivity contribution >= 4 is 11.9 Å². The number of alkyl halides is 3. The molecule has 1 aromatic rings. The minimum absolute atomic E-state index is 0.0506. The molecule has 1 fully saturated rings. The van der Waals surface area contributed by atoms with Gasteiger partial charge in [-0.25, -0.2) is 0 Å². The van der Waals surface area contributed by atoms with Crippen LogP contribution in [0.3, 0.4) is 0 Å². The van der Waals surface area contributed by atoms with E-state index in [4.69, 9.17) is 0 Å². The molecule has 0 spiro atoms. The highest BCUT2D eigenvalue weighted by Gasteiger charge is 2.43. The molecule has 0 saturated heterocycles. The molecule has 0 radical (unpaired) electrons. The molecule has 132 valence electrons. The van der Waals surface area contributed by atoms with Crippen LogP contribution in [0.15, 0.2) is 30.3 Å². The molecule has 7 heteroatoms. The average molecular weight is 343 g/mol. The van der Waals surface area contributed by atoms with Gasteiger partial charge in [-0.3, -0.25) is 9.59 Å². The fraction of sp³-hybridized carbons (Fsp3) is 0.529. The number of aliphatic carboxylic acids is 1. The highest BCUT2D eigenvalue weighted by atomic mass is 19.4. The van der Waals surface area contributed by atoms with Crippen LogP contribution in [0.2, 0.25) is 0 Å². The Morgan fingerprint density at radius 3 is 2.46 bits per heavy atom. The van der Waals surface area contributed by atoms with E-state index in [1.807, 2.05) is 0 Å². The summed E-state index contributed by atoms with van der Waals surface area (Å²) >= 11 is 0. The van der Waals surface area contributed by atoms with Crippen molar-refractivity contribution in [3.05, 3.63) is 35.9 Å². The number of carbonyl (C=O) groups excluding carboxylic acids is 1. The molecule has 3 atom stereocenters. The topological polar surface area (TPSA) is 66.4 Å². The maximum atomic E-state index is 12.8. The lowest BCUT2D eigenvalue weighted by atomic mass is 9.80. The van der Waals surface area contributed by atoms with Crippen LogP contribution in [0.1, 0.15) is 37.2 Å². The Kier molecular flexibility index (Phi) is 5.85. The number of carboxylic acids is 1. The third-order valence-electron chi connectivity index (χ3n) is 4.49. The van der Waals surface area contributed by atoms with Gasteiger partial charge in [-0.05, 0) is 24.8 Å². The number of halogens is 3. The molecule has 2 N–H and O–H groups in total. The van der Waals surface area contributed by atoms with Gasteiger partial charge in [0.2, 0.25) is 5.91 Å². The quantitative estimate of drug-likeness (QED) is 0.862. The lowest BCUT2D eigenvalue weighted by Gasteiger charge is -2.30. The summed E-state index contributed by atoms with van der Waals surface area (Å²) in [5.74, 6) is -4.66. The van der Waals surface area contributed by atoms with E-state index in [9.17, 15) is 27.9 Å². The van der Waals surface area contributed by atoms with Crippen LogP contribution in [-0.2, 0) is 9.59 Å². The molecule has 0 bridgehead atoms. The lowest BCUT2D eigenvalue weighted by molar-refractivity contribution is -0.186. The standard InChI is InChI=1S/C17H20F3NO3/c18-17(19,20)13-8-4-7-12(9-13)15(22)21-10-14(16(23)24)11-5-2-1-3-6-11/h1-3,5-6,12-14H,4,7-10H2,(H,21,22)(H,23,24). The zero-order valence-corrected chi connectivity index (χ0v) is 13.1. The van der Waals surface area contributed by atoms with Gasteiger partial charge >= 0.3 is 12.1 Å². The highest BCUT2D eigenvalue weighted by molar-refractivity contribution is 5.81. The number of hydrogen-bond donors (Lipinski definition) is 2. The molecule has 1 amide bonds. The van der Waals surface area contributed by atoms with E-state index in [0.717, 1.165) is 0 Å². The first-order chi connectivity index (χ1) is 11.3. The van der Waals surface area contributed by atoms with Gasteiger partial charge in [0.05, 0.1) is 11.8 Å². The summed E-state index contributed by atoms with van der Waals surface area (Å²) in [7, 11) is 0. The molecule has 3 unspecified atom stereocenters. The number of benzene rings is 1. The third-order valence-corrected chi connectivity index (χ3v) is 4.49. The largest absolute Gasteiger partial charge is 0.481 e. The van der Waals surface area contributed by atoms with Crippen molar-refractivity contribution in [2.24, 2.45) is 11.8 Å².